The highest BCUT2D eigenvalue weighted by atomic mass is 16.3. The standard InChI is InChI=1S/C18H24N4O2/c1-12-3-2-8-21-11-13(20-17(12)21)6-7-19-18(24)22-14-4-5-15(22)10-16(23)9-14/h2-3,8,11,14-16,23H,4-7,9-10H2,1H3,(H,19,24)/t14-,15-/m0/s1. The summed E-state index contributed by atoms with van der Waals surface area (Å²) in [7, 11) is 0. The summed E-state index contributed by atoms with van der Waals surface area (Å²) in [6, 6.07) is 4.48. The molecule has 4 heterocycles. The maximum atomic E-state index is 12.5. The SMILES string of the molecule is Cc1cccn2cc(CCNC(=O)N3[C@H]4CC[C@H]3CC(O)C4)nc12. The number of nitrogens with zero attached hydrogens (tertiary/aromatic N) is 3. The smallest absolute Gasteiger partial charge is 0.317 e. The number of imidazole rings is 1. The Labute approximate surface area is 141 Å². The lowest BCUT2D eigenvalue weighted by molar-refractivity contribution is 0.0543. The Morgan fingerprint density at radius 1 is 1.38 bits per heavy atom. The zero-order chi connectivity index (χ0) is 16.7. The Morgan fingerprint density at radius 3 is 2.83 bits per heavy atom. The number of hydrogen-bond donors (Lipinski definition) is 2. The molecule has 2 aromatic heterocycles. The first kappa shape index (κ1) is 15.4. The Bertz CT molecular complexity index is 743. The van der Waals surface area contributed by atoms with Crippen LogP contribution in [0.3, 0.4) is 0 Å². The number of carbonyl (C=O) groups is 1. The van der Waals surface area contributed by atoms with Crippen molar-refractivity contribution >= 4 is 11.7 Å². The molecule has 2 aliphatic heterocycles. The van der Waals surface area contributed by atoms with E-state index in [2.05, 4.69) is 23.3 Å². The lowest BCUT2D eigenvalue weighted by Crippen LogP contribution is -2.52. The number of aliphatic hydroxyl groups excluding tert-OH is 1. The van der Waals surface area contributed by atoms with Gasteiger partial charge in [-0.05, 0) is 44.2 Å². The molecule has 4 rings (SSSR count). The summed E-state index contributed by atoms with van der Waals surface area (Å²) in [6.07, 6.45) is 7.96. The van der Waals surface area contributed by atoms with Crippen LogP contribution in [0.25, 0.3) is 5.65 Å². The molecule has 2 bridgehead atoms. The van der Waals surface area contributed by atoms with Crippen molar-refractivity contribution in [1.82, 2.24) is 19.6 Å². The first-order chi connectivity index (χ1) is 11.6. The molecular formula is C18H24N4O2. The minimum atomic E-state index is -0.243. The minimum absolute atomic E-state index is 0.00865. The normalized spacial score (nSPS) is 26.1. The first-order valence-corrected chi connectivity index (χ1v) is 8.79. The highest BCUT2D eigenvalue weighted by Gasteiger charge is 2.42. The third-order valence-corrected chi connectivity index (χ3v) is 5.33. The number of hydrogen-bond acceptors (Lipinski definition) is 3. The van der Waals surface area contributed by atoms with Crippen LogP contribution >= 0.6 is 0 Å². The predicted octanol–water partition coefficient (Wildman–Crippen LogP) is 1.88. The molecule has 2 atom stereocenters. The summed E-state index contributed by atoms with van der Waals surface area (Å²) in [5.41, 5.74) is 3.11. The van der Waals surface area contributed by atoms with E-state index in [1.54, 1.807) is 0 Å². The van der Waals surface area contributed by atoms with Crippen LogP contribution in [0.5, 0.6) is 0 Å². The van der Waals surface area contributed by atoms with Gasteiger partial charge in [-0.25, -0.2) is 9.78 Å². The second-order valence-electron chi connectivity index (χ2n) is 7.05. The molecule has 128 valence electrons. The number of amides is 2. The third-order valence-electron chi connectivity index (χ3n) is 5.33. The molecule has 6 nitrogen and oxygen atoms in total. The molecule has 6 heteroatoms. The lowest BCUT2D eigenvalue weighted by Gasteiger charge is -2.37. The maximum Gasteiger partial charge on any atom is 0.317 e. The molecule has 2 fully saturated rings. The van der Waals surface area contributed by atoms with Crippen LogP contribution in [0.2, 0.25) is 0 Å². The van der Waals surface area contributed by atoms with Gasteiger partial charge in [-0.3, -0.25) is 0 Å². The van der Waals surface area contributed by atoms with Crippen molar-refractivity contribution in [3.05, 3.63) is 35.8 Å². The van der Waals surface area contributed by atoms with Gasteiger partial charge in [0.05, 0.1) is 11.8 Å². The number of piperidine rings is 1. The second kappa shape index (κ2) is 6.09. The summed E-state index contributed by atoms with van der Waals surface area (Å²) in [4.78, 5) is 19.1. The van der Waals surface area contributed by atoms with Crippen molar-refractivity contribution in [3.8, 4) is 0 Å². The Morgan fingerprint density at radius 2 is 2.12 bits per heavy atom. The second-order valence-corrected chi connectivity index (χ2v) is 7.05. The molecule has 0 aliphatic carbocycles. The summed E-state index contributed by atoms with van der Waals surface area (Å²) >= 11 is 0. The monoisotopic (exact) mass is 328 g/mol. The van der Waals surface area contributed by atoms with Crippen LogP contribution in [-0.2, 0) is 6.42 Å². The minimum Gasteiger partial charge on any atom is -0.393 e. The summed E-state index contributed by atoms with van der Waals surface area (Å²) in [6.45, 7) is 2.63. The van der Waals surface area contributed by atoms with Gasteiger partial charge in [0.25, 0.3) is 0 Å². The van der Waals surface area contributed by atoms with E-state index in [1.165, 1.54) is 0 Å². The van der Waals surface area contributed by atoms with E-state index in [0.29, 0.717) is 6.54 Å². The number of fused-ring (bicyclic) bond motifs is 3. The highest BCUT2D eigenvalue weighted by Crippen LogP contribution is 2.35. The molecule has 0 saturated carbocycles. The number of rotatable bonds is 3. The third kappa shape index (κ3) is 2.75. The zero-order valence-corrected chi connectivity index (χ0v) is 14.0. The Hall–Kier alpha value is -2.08. The molecule has 2 N–H and O–H groups in total. The highest BCUT2D eigenvalue weighted by molar-refractivity contribution is 5.75. The summed E-state index contributed by atoms with van der Waals surface area (Å²) < 4.78 is 2.03. The molecule has 2 saturated heterocycles. The Kier molecular flexibility index (Phi) is 3.92. The fraction of sp³-hybridized carbons (Fsp3) is 0.556. The van der Waals surface area contributed by atoms with Crippen molar-refractivity contribution in [2.45, 2.75) is 57.2 Å². The van der Waals surface area contributed by atoms with E-state index in [0.717, 1.165) is 49.0 Å². The molecular weight excluding hydrogens is 304 g/mol. The van der Waals surface area contributed by atoms with Crippen LogP contribution in [0, 0.1) is 6.92 Å². The molecule has 2 amide bonds. The molecule has 24 heavy (non-hydrogen) atoms. The number of aryl methyl sites for hydroxylation is 1. The number of pyridine rings is 1. The Balaban J connectivity index is 1.35. The van der Waals surface area contributed by atoms with Crippen molar-refractivity contribution in [2.24, 2.45) is 0 Å². The van der Waals surface area contributed by atoms with Gasteiger partial charge in [0.15, 0.2) is 0 Å². The number of aliphatic hydroxyl groups is 1. The van der Waals surface area contributed by atoms with Gasteiger partial charge < -0.3 is 19.7 Å². The van der Waals surface area contributed by atoms with E-state index in [9.17, 15) is 9.90 Å². The average molecular weight is 328 g/mol. The molecule has 2 aliphatic rings. The maximum absolute atomic E-state index is 12.5. The lowest BCUT2D eigenvalue weighted by atomic mass is 10.0. The van der Waals surface area contributed by atoms with E-state index >= 15 is 0 Å². The topological polar surface area (TPSA) is 69.9 Å². The van der Waals surface area contributed by atoms with Crippen molar-refractivity contribution in [1.29, 1.82) is 0 Å². The number of urea groups is 1. The summed E-state index contributed by atoms with van der Waals surface area (Å²) in [5, 5.41) is 12.9. The molecule has 0 spiro atoms. The van der Waals surface area contributed by atoms with Gasteiger partial charge in [0.1, 0.15) is 5.65 Å². The van der Waals surface area contributed by atoms with Crippen LogP contribution in [-0.4, -0.2) is 50.2 Å². The van der Waals surface area contributed by atoms with Gasteiger partial charge >= 0.3 is 6.03 Å². The fourth-order valence-corrected chi connectivity index (χ4v) is 4.19. The van der Waals surface area contributed by atoms with Crippen molar-refractivity contribution < 1.29 is 9.90 Å². The largest absolute Gasteiger partial charge is 0.393 e. The molecule has 0 aromatic carbocycles. The van der Waals surface area contributed by atoms with Gasteiger partial charge in [0, 0.05) is 37.4 Å². The fourth-order valence-electron chi connectivity index (χ4n) is 4.19. The number of nitrogens with one attached hydrogen (secondary N) is 1. The molecule has 0 unspecified atom stereocenters. The van der Waals surface area contributed by atoms with Gasteiger partial charge in [-0.15, -0.1) is 0 Å². The van der Waals surface area contributed by atoms with Crippen LogP contribution < -0.4 is 5.32 Å². The molecule has 2 aromatic rings. The van der Waals surface area contributed by atoms with Gasteiger partial charge in [0.2, 0.25) is 0 Å². The van der Waals surface area contributed by atoms with Crippen molar-refractivity contribution in [2.75, 3.05) is 6.54 Å². The number of aromatic nitrogens is 2. The van der Waals surface area contributed by atoms with E-state index in [-0.39, 0.29) is 24.2 Å². The van der Waals surface area contributed by atoms with E-state index < -0.39 is 0 Å². The zero-order valence-electron chi connectivity index (χ0n) is 14.0. The van der Waals surface area contributed by atoms with E-state index in [1.807, 2.05) is 27.8 Å². The quantitative estimate of drug-likeness (QED) is 0.904. The van der Waals surface area contributed by atoms with Crippen LogP contribution in [0.1, 0.15) is 36.9 Å². The summed E-state index contributed by atoms with van der Waals surface area (Å²) in [5.74, 6) is 0. The first-order valence-electron chi connectivity index (χ1n) is 8.79. The average Bonchev–Trinajstić information content (AvgIpc) is 3.07. The number of carbonyl (C=O) groups excluding carboxylic acids is 1. The van der Waals surface area contributed by atoms with Crippen LogP contribution in [0.15, 0.2) is 24.5 Å². The van der Waals surface area contributed by atoms with Gasteiger partial charge in [-0.2, -0.15) is 0 Å². The molecule has 0 radical (unpaired) electrons. The van der Waals surface area contributed by atoms with Gasteiger partial charge in [-0.1, -0.05) is 6.07 Å². The van der Waals surface area contributed by atoms with E-state index in [4.69, 9.17) is 0 Å². The predicted molar refractivity (Wildman–Crippen MR) is 90.9 cm³/mol. The van der Waals surface area contributed by atoms with Crippen LogP contribution in [0.4, 0.5) is 4.79 Å². The van der Waals surface area contributed by atoms with Crippen molar-refractivity contribution in [3.63, 3.8) is 0 Å².